The van der Waals surface area contributed by atoms with Gasteiger partial charge in [0.1, 0.15) is 0 Å². The minimum absolute atomic E-state index is 0.339. The van der Waals surface area contributed by atoms with Crippen LogP contribution in [0.2, 0.25) is 0 Å². The van der Waals surface area contributed by atoms with Crippen LogP contribution in [0.5, 0.6) is 0 Å². The van der Waals surface area contributed by atoms with Crippen LogP contribution < -0.4 is 5.73 Å². The van der Waals surface area contributed by atoms with E-state index >= 15 is 0 Å². The molecule has 2 N–H and O–H groups in total. The monoisotopic (exact) mass is 212 g/mol. The van der Waals surface area contributed by atoms with E-state index in [1.54, 1.807) is 0 Å². The standard InChI is InChI=1S/C14H16N2/c15-12-8-9-16-13(10-12)6-7-14(16)11-4-2-1-3-5-11/h1-7,12H,8-10,15H2/t12-/m1/s1. The van der Waals surface area contributed by atoms with Crippen molar-refractivity contribution in [1.82, 2.24) is 4.57 Å². The molecule has 0 aliphatic carbocycles. The van der Waals surface area contributed by atoms with Gasteiger partial charge in [-0.05, 0) is 24.1 Å². The number of hydrogen-bond donors (Lipinski definition) is 1. The molecule has 0 spiro atoms. The fourth-order valence-corrected chi connectivity index (χ4v) is 2.48. The highest BCUT2D eigenvalue weighted by Crippen LogP contribution is 2.26. The molecule has 1 aromatic heterocycles. The van der Waals surface area contributed by atoms with E-state index < -0.39 is 0 Å². The Bertz CT molecular complexity index is 485. The third-order valence-electron chi connectivity index (χ3n) is 3.34. The summed E-state index contributed by atoms with van der Waals surface area (Å²) in [4.78, 5) is 0. The van der Waals surface area contributed by atoms with Crippen LogP contribution >= 0.6 is 0 Å². The number of nitrogens with zero attached hydrogens (tertiary/aromatic N) is 1. The Hall–Kier alpha value is -1.54. The lowest BCUT2D eigenvalue weighted by atomic mass is 10.1. The maximum atomic E-state index is 5.98. The van der Waals surface area contributed by atoms with Gasteiger partial charge in [-0.1, -0.05) is 30.3 Å². The number of rotatable bonds is 1. The second-order valence-electron chi connectivity index (χ2n) is 4.48. The largest absolute Gasteiger partial charge is 0.345 e. The van der Waals surface area contributed by atoms with Gasteiger partial charge in [-0.25, -0.2) is 0 Å². The van der Waals surface area contributed by atoms with Crippen molar-refractivity contribution in [3.63, 3.8) is 0 Å². The summed E-state index contributed by atoms with van der Waals surface area (Å²) in [5.41, 5.74) is 9.97. The molecule has 0 unspecified atom stereocenters. The Morgan fingerprint density at radius 2 is 1.88 bits per heavy atom. The predicted octanol–water partition coefficient (Wildman–Crippen LogP) is 2.43. The summed E-state index contributed by atoms with van der Waals surface area (Å²) in [6.45, 7) is 1.05. The summed E-state index contributed by atoms with van der Waals surface area (Å²) in [6, 6.07) is 15.3. The zero-order chi connectivity index (χ0) is 11.0. The van der Waals surface area contributed by atoms with E-state index in [1.165, 1.54) is 17.0 Å². The smallest absolute Gasteiger partial charge is 0.0482 e. The summed E-state index contributed by atoms with van der Waals surface area (Å²) in [5.74, 6) is 0. The van der Waals surface area contributed by atoms with Crippen LogP contribution in [0.3, 0.4) is 0 Å². The van der Waals surface area contributed by atoms with Crippen molar-refractivity contribution >= 4 is 0 Å². The Morgan fingerprint density at radius 1 is 1.06 bits per heavy atom. The van der Waals surface area contributed by atoms with E-state index in [1.807, 2.05) is 0 Å². The van der Waals surface area contributed by atoms with Crippen LogP contribution in [0.1, 0.15) is 12.1 Å². The number of benzene rings is 1. The van der Waals surface area contributed by atoms with Crippen LogP contribution in [0.25, 0.3) is 11.3 Å². The molecule has 16 heavy (non-hydrogen) atoms. The Kier molecular flexibility index (Phi) is 2.29. The van der Waals surface area contributed by atoms with Crippen LogP contribution in [-0.4, -0.2) is 10.6 Å². The number of fused-ring (bicyclic) bond motifs is 1. The van der Waals surface area contributed by atoms with Gasteiger partial charge >= 0.3 is 0 Å². The third-order valence-corrected chi connectivity index (χ3v) is 3.34. The summed E-state index contributed by atoms with van der Waals surface area (Å²) in [6.07, 6.45) is 2.09. The molecule has 2 aromatic rings. The van der Waals surface area contributed by atoms with Gasteiger partial charge in [0, 0.05) is 30.4 Å². The van der Waals surface area contributed by atoms with Crippen LogP contribution in [-0.2, 0) is 13.0 Å². The van der Waals surface area contributed by atoms with Crippen molar-refractivity contribution < 1.29 is 0 Å². The lowest BCUT2D eigenvalue weighted by Gasteiger charge is -2.23. The highest BCUT2D eigenvalue weighted by Gasteiger charge is 2.17. The van der Waals surface area contributed by atoms with Gasteiger partial charge in [-0.15, -0.1) is 0 Å². The first-order valence-corrected chi connectivity index (χ1v) is 5.84. The molecule has 1 atom stereocenters. The highest BCUT2D eigenvalue weighted by atomic mass is 15.0. The lowest BCUT2D eigenvalue weighted by Crippen LogP contribution is -2.30. The molecule has 0 fully saturated rings. The summed E-state index contributed by atoms with van der Waals surface area (Å²) < 4.78 is 2.40. The van der Waals surface area contributed by atoms with Crippen molar-refractivity contribution in [3.05, 3.63) is 48.2 Å². The molecule has 0 amide bonds. The molecule has 0 saturated heterocycles. The average molecular weight is 212 g/mol. The van der Waals surface area contributed by atoms with E-state index in [0.717, 1.165) is 19.4 Å². The molecule has 2 heterocycles. The number of hydrogen-bond acceptors (Lipinski definition) is 1. The molecule has 1 aliphatic heterocycles. The average Bonchev–Trinajstić information content (AvgIpc) is 2.73. The van der Waals surface area contributed by atoms with E-state index in [4.69, 9.17) is 5.73 Å². The van der Waals surface area contributed by atoms with Crippen molar-refractivity contribution in [2.75, 3.05) is 0 Å². The SMILES string of the molecule is N[C@@H]1CCn2c(ccc2-c2ccccc2)C1. The quantitative estimate of drug-likeness (QED) is 0.773. The normalized spacial score (nSPS) is 19.4. The first-order chi connectivity index (χ1) is 7.84. The van der Waals surface area contributed by atoms with Crippen molar-refractivity contribution in [3.8, 4) is 11.3 Å². The van der Waals surface area contributed by atoms with E-state index in [0.29, 0.717) is 6.04 Å². The van der Waals surface area contributed by atoms with Crippen LogP contribution in [0.15, 0.2) is 42.5 Å². The van der Waals surface area contributed by atoms with Crippen LogP contribution in [0, 0.1) is 0 Å². The Labute approximate surface area is 95.7 Å². The topological polar surface area (TPSA) is 30.9 Å². The minimum Gasteiger partial charge on any atom is -0.345 e. The van der Waals surface area contributed by atoms with Gasteiger partial charge in [0.25, 0.3) is 0 Å². The summed E-state index contributed by atoms with van der Waals surface area (Å²) in [5, 5.41) is 0. The molecule has 0 saturated carbocycles. The zero-order valence-corrected chi connectivity index (χ0v) is 9.26. The molecule has 0 bridgehead atoms. The fraction of sp³-hybridized carbons (Fsp3) is 0.286. The van der Waals surface area contributed by atoms with Gasteiger partial charge in [0.05, 0.1) is 0 Å². The van der Waals surface area contributed by atoms with Gasteiger partial charge in [0.15, 0.2) is 0 Å². The fourth-order valence-electron chi connectivity index (χ4n) is 2.48. The van der Waals surface area contributed by atoms with E-state index in [-0.39, 0.29) is 0 Å². The van der Waals surface area contributed by atoms with E-state index in [9.17, 15) is 0 Å². The minimum atomic E-state index is 0.339. The van der Waals surface area contributed by atoms with E-state index in [2.05, 4.69) is 47.0 Å². The predicted molar refractivity (Wildman–Crippen MR) is 66.2 cm³/mol. The summed E-state index contributed by atoms with van der Waals surface area (Å²) >= 11 is 0. The van der Waals surface area contributed by atoms with Gasteiger partial charge in [-0.2, -0.15) is 0 Å². The van der Waals surface area contributed by atoms with Gasteiger partial charge < -0.3 is 10.3 Å². The number of nitrogens with two attached hydrogens (primary N) is 1. The van der Waals surface area contributed by atoms with Crippen molar-refractivity contribution in [1.29, 1.82) is 0 Å². The van der Waals surface area contributed by atoms with Gasteiger partial charge in [0.2, 0.25) is 0 Å². The maximum absolute atomic E-state index is 5.98. The molecular weight excluding hydrogens is 196 g/mol. The summed E-state index contributed by atoms with van der Waals surface area (Å²) in [7, 11) is 0. The first-order valence-electron chi connectivity index (χ1n) is 5.84. The molecule has 2 nitrogen and oxygen atoms in total. The molecule has 3 rings (SSSR count). The molecular formula is C14H16N2. The second-order valence-corrected chi connectivity index (χ2v) is 4.48. The Morgan fingerprint density at radius 3 is 2.69 bits per heavy atom. The number of aromatic nitrogens is 1. The first kappa shape index (κ1) is 9.67. The zero-order valence-electron chi connectivity index (χ0n) is 9.26. The van der Waals surface area contributed by atoms with Crippen LogP contribution in [0.4, 0.5) is 0 Å². The second kappa shape index (κ2) is 3.80. The lowest BCUT2D eigenvalue weighted by molar-refractivity contribution is 0.475. The van der Waals surface area contributed by atoms with Gasteiger partial charge in [-0.3, -0.25) is 0 Å². The molecule has 2 heteroatoms. The maximum Gasteiger partial charge on any atom is 0.0482 e. The third kappa shape index (κ3) is 1.55. The van der Waals surface area contributed by atoms with Crippen molar-refractivity contribution in [2.24, 2.45) is 5.73 Å². The highest BCUT2D eigenvalue weighted by molar-refractivity contribution is 5.61. The molecule has 1 aromatic carbocycles. The molecule has 1 aliphatic rings. The Balaban J connectivity index is 2.04. The molecule has 82 valence electrons. The van der Waals surface area contributed by atoms with Crippen molar-refractivity contribution in [2.45, 2.75) is 25.4 Å². The molecule has 0 radical (unpaired) electrons.